The molecule has 0 heterocycles. The lowest BCUT2D eigenvalue weighted by Crippen LogP contribution is -2.40. The third-order valence-corrected chi connectivity index (χ3v) is 4.92. The summed E-state index contributed by atoms with van der Waals surface area (Å²) in [5, 5.41) is 7.67. The largest absolute Gasteiger partial charge is 0.359 e. The number of hydrogen-bond acceptors (Lipinski definition) is 1. The van der Waals surface area contributed by atoms with Gasteiger partial charge >= 0.3 is 0 Å². The minimum Gasteiger partial charge on any atom is -0.359 e. The normalized spacial score (nSPS) is 28.4. The maximum Gasteiger partial charge on any atom is 0.171 e. The molecule has 2 bridgehead atoms. The van der Waals surface area contributed by atoms with Crippen molar-refractivity contribution in [3.63, 3.8) is 0 Å². The number of hydrogen-bond donors (Lipinski definition) is 2. The molecular formula is C16H22N2S. The number of anilines is 1. The van der Waals surface area contributed by atoms with Gasteiger partial charge in [-0.3, -0.25) is 0 Å². The molecule has 0 aliphatic heterocycles. The fourth-order valence-corrected chi connectivity index (χ4v) is 3.88. The molecule has 0 amide bonds. The zero-order chi connectivity index (χ0) is 13.4. The minimum atomic E-state index is 0.601. The number of aryl methyl sites for hydroxylation is 2. The Hall–Kier alpha value is -1.09. The molecule has 0 saturated heterocycles. The molecule has 0 spiro atoms. The smallest absolute Gasteiger partial charge is 0.171 e. The van der Waals surface area contributed by atoms with Gasteiger partial charge in [0.15, 0.2) is 5.11 Å². The van der Waals surface area contributed by atoms with Crippen molar-refractivity contribution in [3.8, 4) is 0 Å². The molecular weight excluding hydrogens is 252 g/mol. The van der Waals surface area contributed by atoms with Crippen LogP contribution in [0.5, 0.6) is 0 Å². The third kappa shape index (κ3) is 2.76. The first-order chi connectivity index (χ1) is 9.11. The second-order valence-corrected chi connectivity index (χ2v) is 6.61. The van der Waals surface area contributed by atoms with Gasteiger partial charge in [-0.25, -0.2) is 0 Å². The van der Waals surface area contributed by atoms with Gasteiger partial charge in [-0.15, -0.1) is 0 Å². The summed E-state index contributed by atoms with van der Waals surface area (Å²) in [7, 11) is 0. The van der Waals surface area contributed by atoms with E-state index in [9.17, 15) is 0 Å². The highest BCUT2D eigenvalue weighted by Crippen LogP contribution is 2.44. The highest BCUT2D eigenvalue weighted by atomic mass is 32.1. The van der Waals surface area contributed by atoms with Gasteiger partial charge in [0.25, 0.3) is 0 Å². The van der Waals surface area contributed by atoms with Crippen LogP contribution in [0.25, 0.3) is 0 Å². The van der Waals surface area contributed by atoms with Crippen LogP contribution in [0.3, 0.4) is 0 Å². The van der Waals surface area contributed by atoms with Crippen LogP contribution in [0, 0.1) is 25.7 Å². The summed E-state index contributed by atoms with van der Waals surface area (Å²) in [6.07, 6.45) is 5.53. The van der Waals surface area contributed by atoms with Crippen LogP contribution in [0.4, 0.5) is 5.69 Å². The van der Waals surface area contributed by atoms with Crippen molar-refractivity contribution in [1.82, 2.24) is 5.32 Å². The summed E-state index contributed by atoms with van der Waals surface area (Å²) in [5.74, 6) is 1.80. The third-order valence-electron chi connectivity index (χ3n) is 4.70. The number of fused-ring (bicyclic) bond motifs is 2. The SMILES string of the molecule is Cc1ccc(C)c(NC(=S)N[C@H]2C[C@H]3CC[C@H]2C3)c1. The molecule has 2 aliphatic carbocycles. The maximum atomic E-state index is 5.47. The van der Waals surface area contributed by atoms with Crippen LogP contribution in [0.15, 0.2) is 18.2 Å². The van der Waals surface area contributed by atoms with Crippen molar-refractivity contribution in [2.45, 2.75) is 45.6 Å². The Morgan fingerprint density at radius 3 is 2.74 bits per heavy atom. The predicted octanol–water partition coefficient (Wildman–Crippen LogP) is 3.78. The van der Waals surface area contributed by atoms with Crippen molar-refractivity contribution in [3.05, 3.63) is 29.3 Å². The van der Waals surface area contributed by atoms with Crippen molar-refractivity contribution >= 4 is 23.0 Å². The molecule has 2 aliphatic rings. The molecule has 102 valence electrons. The molecule has 0 aromatic heterocycles. The first kappa shape index (κ1) is 12.9. The lowest BCUT2D eigenvalue weighted by atomic mass is 9.95. The Bertz CT molecular complexity index is 498. The molecule has 1 aromatic carbocycles. The van der Waals surface area contributed by atoms with Crippen LogP contribution in [0.1, 0.15) is 36.8 Å². The van der Waals surface area contributed by atoms with Gasteiger partial charge in [-0.2, -0.15) is 0 Å². The molecule has 2 saturated carbocycles. The summed E-state index contributed by atoms with van der Waals surface area (Å²) < 4.78 is 0. The van der Waals surface area contributed by atoms with Gasteiger partial charge < -0.3 is 10.6 Å². The summed E-state index contributed by atoms with van der Waals surface area (Å²) in [6, 6.07) is 7.03. The molecule has 3 rings (SSSR count). The number of thiocarbonyl (C=S) groups is 1. The fraction of sp³-hybridized carbons (Fsp3) is 0.562. The van der Waals surface area contributed by atoms with E-state index in [1.165, 1.54) is 36.8 Å². The van der Waals surface area contributed by atoms with E-state index in [1.54, 1.807) is 0 Å². The maximum absolute atomic E-state index is 5.47. The second-order valence-electron chi connectivity index (χ2n) is 6.20. The van der Waals surface area contributed by atoms with E-state index in [4.69, 9.17) is 12.2 Å². The number of nitrogens with one attached hydrogen (secondary N) is 2. The van der Waals surface area contributed by atoms with Gasteiger partial charge in [0, 0.05) is 11.7 Å². The lowest BCUT2D eigenvalue weighted by Gasteiger charge is -2.25. The summed E-state index contributed by atoms with van der Waals surface area (Å²) in [4.78, 5) is 0. The molecule has 3 heteroatoms. The van der Waals surface area contributed by atoms with E-state index in [0.717, 1.165) is 22.6 Å². The van der Waals surface area contributed by atoms with Crippen LogP contribution in [0.2, 0.25) is 0 Å². The van der Waals surface area contributed by atoms with Crippen LogP contribution >= 0.6 is 12.2 Å². The van der Waals surface area contributed by atoms with E-state index >= 15 is 0 Å². The first-order valence-corrected chi connectivity index (χ1v) is 7.67. The van der Waals surface area contributed by atoms with Crippen LogP contribution < -0.4 is 10.6 Å². The zero-order valence-electron chi connectivity index (χ0n) is 11.7. The van der Waals surface area contributed by atoms with E-state index in [1.807, 2.05) is 0 Å². The Kier molecular flexibility index (Phi) is 3.48. The van der Waals surface area contributed by atoms with Gasteiger partial charge in [0.1, 0.15) is 0 Å². The quantitative estimate of drug-likeness (QED) is 0.803. The van der Waals surface area contributed by atoms with Crippen LogP contribution in [-0.4, -0.2) is 11.2 Å². The summed E-state index contributed by atoms with van der Waals surface area (Å²) >= 11 is 5.47. The Labute approximate surface area is 121 Å². The average molecular weight is 274 g/mol. The monoisotopic (exact) mass is 274 g/mol. The molecule has 0 unspecified atom stereocenters. The van der Waals surface area contributed by atoms with Gasteiger partial charge in [-0.05, 0) is 74.4 Å². The molecule has 19 heavy (non-hydrogen) atoms. The standard InChI is InChI=1S/C16H22N2S/c1-10-3-4-11(2)14(7-10)17-16(19)18-15-9-12-5-6-13(15)8-12/h3-4,7,12-13,15H,5-6,8-9H2,1-2H3,(H2,17,18,19)/t12-,13-,15-/m0/s1. The topological polar surface area (TPSA) is 24.1 Å². The van der Waals surface area contributed by atoms with Gasteiger partial charge in [0.2, 0.25) is 0 Å². The molecule has 2 N–H and O–H groups in total. The predicted molar refractivity (Wildman–Crippen MR) is 84.5 cm³/mol. The summed E-state index contributed by atoms with van der Waals surface area (Å²) in [6.45, 7) is 4.22. The number of rotatable bonds is 2. The molecule has 0 radical (unpaired) electrons. The minimum absolute atomic E-state index is 0.601. The Morgan fingerprint density at radius 2 is 2.05 bits per heavy atom. The molecule has 2 nitrogen and oxygen atoms in total. The zero-order valence-corrected chi connectivity index (χ0v) is 12.5. The molecule has 2 fully saturated rings. The van der Waals surface area contributed by atoms with Crippen molar-refractivity contribution in [2.75, 3.05) is 5.32 Å². The van der Waals surface area contributed by atoms with E-state index in [0.29, 0.717) is 6.04 Å². The molecule has 3 atom stereocenters. The first-order valence-electron chi connectivity index (χ1n) is 7.26. The highest BCUT2D eigenvalue weighted by Gasteiger charge is 2.39. The van der Waals surface area contributed by atoms with Crippen molar-refractivity contribution in [1.29, 1.82) is 0 Å². The summed E-state index contributed by atoms with van der Waals surface area (Å²) in [5.41, 5.74) is 3.62. The number of benzene rings is 1. The van der Waals surface area contributed by atoms with E-state index in [2.05, 4.69) is 42.7 Å². The van der Waals surface area contributed by atoms with E-state index in [-0.39, 0.29) is 0 Å². The molecule has 1 aromatic rings. The van der Waals surface area contributed by atoms with Gasteiger partial charge in [0.05, 0.1) is 0 Å². The van der Waals surface area contributed by atoms with Gasteiger partial charge in [-0.1, -0.05) is 18.6 Å². The lowest BCUT2D eigenvalue weighted by molar-refractivity contribution is 0.392. The Balaban J connectivity index is 1.61. The van der Waals surface area contributed by atoms with Crippen LogP contribution in [-0.2, 0) is 0 Å². The Morgan fingerprint density at radius 1 is 1.21 bits per heavy atom. The second kappa shape index (κ2) is 5.12. The average Bonchev–Trinajstić information content (AvgIpc) is 2.96. The fourth-order valence-electron chi connectivity index (χ4n) is 3.62. The van der Waals surface area contributed by atoms with Crippen molar-refractivity contribution in [2.24, 2.45) is 11.8 Å². The van der Waals surface area contributed by atoms with E-state index < -0.39 is 0 Å². The highest BCUT2D eigenvalue weighted by molar-refractivity contribution is 7.80. The van der Waals surface area contributed by atoms with Crippen molar-refractivity contribution < 1.29 is 0 Å².